The maximum atomic E-state index is 11.6. The summed E-state index contributed by atoms with van der Waals surface area (Å²) in [6.07, 6.45) is 0. The van der Waals surface area contributed by atoms with Gasteiger partial charge in [-0.1, -0.05) is 20.8 Å². The van der Waals surface area contributed by atoms with E-state index in [1.54, 1.807) is 24.1 Å². The highest BCUT2D eigenvalue weighted by Gasteiger charge is 2.22. The lowest BCUT2D eigenvalue weighted by Gasteiger charge is -2.22. The maximum absolute atomic E-state index is 11.6. The molecule has 96 valence electrons. The molecule has 3 N–H and O–H groups in total. The molecular formula is C11H18N2O3S. The summed E-state index contributed by atoms with van der Waals surface area (Å²) in [7, 11) is -2.08. The van der Waals surface area contributed by atoms with E-state index in [9.17, 15) is 8.42 Å². The first-order chi connectivity index (χ1) is 7.72. The Labute approximate surface area is 102 Å². The molecule has 6 heteroatoms. The highest BCUT2D eigenvalue weighted by Crippen LogP contribution is 2.32. The topological polar surface area (TPSA) is 81.4 Å². The fourth-order valence-electron chi connectivity index (χ4n) is 1.51. The van der Waals surface area contributed by atoms with Crippen LogP contribution in [0.4, 0.5) is 0 Å². The average Bonchev–Trinajstić information content (AvgIpc) is 2.27. The third-order valence-electron chi connectivity index (χ3n) is 2.44. The molecule has 1 aromatic carbocycles. The van der Waals surface area contributed by atoms with Gasteiger partial charge in [0.25, 0.3) is 10.0 Å². The number of rotatable bonds is 3. The van der Waals surface area contributed by atoms with Gasteiger partial charge < -0.3 is 4.74 Å². The molecule has 0 atom stereocenters. The second-order valence-corrected chi connectivity index (χ2v) is 6.45. The van der Waals surface area contributed by atoms with Crippen molar-refractivity contribution in [2.75, 3.05) is 7.11 Å². The second kappa shape index (κ2) is 4.64. The average molecular weight is 258 g/mol. The van der Waals surface area contributed by atoms with E-state index in [0.29, 0.717) is 5.75 Å². The molecule has 1 aromatic rings. The molecule has 0 heterocycles. The van der Waals surface area contributed by atoms with Gasteiger partial charge in [-0.25, -0.2) is 8.42 Å². The molecule has 17 heavy (non-hydrogen) atoms. The number of nitrogens with one attached hydrogen (secondary N) is 1. The number of benzene rings is 1. The van der Waals surface area contributed by atoms with Crippen LogP contribution < -0.4 is 15.4 Å². The van der Waals surface area contributed by atoms with E-state index < -0.39 is 10.0 Å². The van der Waals surface area contributed by atoms with Gasteiger partial charge >= 0.3 is 0 Å². The van der Waals surface area contributed by atoms with Crippen molar-refractivity contribution >= 4 is 10.0 Å². The number of hydrogen-bond acceptors (Lipinski definition) is 4. The number of ether oxygens (including phenoxy) is 1. The van der Waals surface area contributed by atoms with Gasteiger partial charge in [-0.3, -0.25) is 5.84 Å². The van der Waals surface area contributed by atoms with E-state index in [0.717, 1.165) is 5.56 Å². The van der Waals surface area contributed by atoms with Crippen LogP contribution in [0.15, 0.2) is 23.1 Å². The molecule has 0 radical (unpaired) electrons. The van der Waals surface area contributed by atoms with E-state index in [4.69, 9.17) is 10.6 Å². The predicted molar refractivity (Wildman–Crippen MR) is 66.2 cm³/mol. The Morgan fingerprint density at radius 2 is 1.88 bits per heavy atom. The lowest BCUT2D eigenvalue weighted by atomic mass is 9.86. The van der Waals surface area contributed by atoms with Crippen molar-refractivity contribution in [1.82, 2.24) is 4.83 Å². The summed E-state index contributed by atoms with van der Waals surface area (Å²) < 4.78 is 28.4. The summed E-state index contributed by atoms with van der Waals surface area (Å²) in [6.45, 7) is 5.95. The van der Waals surface area contributed by atoms with Crippen LogP contribution in [0.5, 0.6) is 5.75 Å². The van der Waals surface area contributed by atoms with E-state index in [-0.39, 0.29) is 10.3 Å². The number of sulfonamides is 1. The first-order valence-electron chi connectivity index (χ1n) is 5.13. The Morgan fingerprint density at radius 1 is 1.29 bits per heavy atom. The summed E-state index contributed by atoms with van der Waals surface area (Å²) in [6, 6.07) is 4.67. The molecular weight excluding hydrogens is 240 g/mol. The Hall–Kier alpha value is -1.11. The van der Waals surface area contributed by atoms with E-state index in [2.05, 4.69) is 0 Å². The lowest BCUT2D eigenvalue weighted by molar-refractivity contribution is 0.397. The highest BCUT2D eigenvalue weighted by molar-refractivity contribution is 7.89. The van der Waals surface area contributed by atoms with Gasteiger partial charge in [0.05, 0.1) is 12.0 Å². The Kier molecular flexibility index (Phi) is 3.81. The van der Waals surface area contributed by atoms with Crippen LogP contribution in [0.2, 0.25) is 0 Å². The molecule has 0 aliphatic heterocycles. The molecule has 0 aliphatic carbocycles. The van der Waals surface area contributed by atoms with Gasteiger partial charge in [-0.15, -0.1) is 0 Å². The SMILES string of the molecule is COc1ccc(S(=O)(=O)NN)cc1C(C)(C)C. The number of methoxy groups -OCH3 is 1. The van der Waals surface area contributed by atoms with E-state index in [1.165, 1.54) is 6.07 Å². The maximum Gasteiger partial charge on any atom is 0.253 e. The van der Waals surface area contributed by atoms with Crippen molar-refractivity contribution in [2.24, 2.45) is 5.84 Å². The molecule has 0 saturated heterocycles. The van der Waals surface area contributed by atoms with Crippen molar-refractivity contribution in [3.05, 3.63) is 23.8 Å². The zero-order valence-electron chi connectivity index (χ0n) is 10.4. The molecule has 0 amide bonds. The zero-order chi connectivity index (χ0) is 13.3. The van der Waals surface area contributed by atoms with Crippen molar-refractivity contribution in [1.29, 1.82) is 0 Å². The van der Waals surface area contributed by atoms with Gasteiger partial charge in [-0.05, 0) is 23.6 Å². The van der Waals surface area contributed by atoms with Gasteiger partial charge in [0.2, 0.25) is 0 Å². The first kappa shape index (κ1) is 14.0. The summed E-state index contributed by atoms with van der Waals surface area (Å²) in [5.41, 5.74) is 0.599. The molecule has 0 bridgehead atoms. The van der Waals surface area contributed by atoms with E-state index >= 15 is 0 Å². The van der Waals surface area contributed by atoms with Crippen LogP contribution in [0.25, 0.3) is 0 Å². The van der Waals surface area contributed by atoms with Crippen LogP contribution in [0, 0.1) is 0 Å². The van der Waals surface area contributed by atoms with Gasteiger partial charge in [0.15, 0.2) is 0 Å². The molecule has 0 aromatic heterocycles. The minimum Gasteiger partial charge on any atom is -0.496 e. The van der Waals surface area contributed by atoms with Crippen molar-refractivity contribution in [3.63, 3.8) is 0 Å². The fourth-order valence-corrected chi connectivity index (χ4v) is 2.16. The van der Waals surface area contributed by atoms with Crippen LogP contribution >= 0.6 is 0 Å². The van der Waals surface area contributed by atoms with Crippen molar-refractivity contribution < 1.29 is 13.2 Å². The third kappa shape index (κ3) is 2.96. The molecule has 0 fully saturated rings. The monoisotopic (exact) mass is 258 g/mol. The predicted octanol–water partition coefficient (Wildman–Crippen LogP) is 1.14. The fraction of sp³-hybridized carbons (Fsp3) is 0.455. The molecule has 0 aliphatic rings. The first-order valence-corrected chi connectivity index (χ1v) is 6.61. The summed E-state index contributed by atoms with van der Waals surface area (Å²) in [5.74, 6) is 5.66. The Bertz CT molecular complexity index is 504. The lowest BCUT2D eigenvalue weighted by Crippen LogP contribution is -2.30. The highest BCUT2D eigenvalue weighted by atomic mass is 32.2. The van der Waals surface area contributed by atoms with Crippen molar-refractivity contribution in [3.8, 4) is 5.75 Å². The quantitative estimate of drug-likeness (QED) is 0.629. The summed E-state index contributed by atoms with van der Waals surface area (Å²) in [4.78, 5) is 1.94. The van der Waals surface area contributed by atoms with Gasteiger partial charge in [0.1, 0.15) is 5.75 Å². The number of hydrazine groups is 1. The minimum atomic E-state index is -3.63. The van der Waals surface area contributed by atoms with Crippen molar-refractivity contribution in [2.45, 2.75) is 31.1 Å². The van der Waals surface area contributed by atoms with E-state index in [1.807, 2.05) is 20.8 Å². The molecule has 5 nitrogen and oxygen atoms in total. The second-order valence-electron chi connectivity index (χ2n) is 4.73. The smallest absolute Gasteiger partial charge is 0.253 e. The van der Waals surface area contributed by atoms with Gasteiger partial charge in [-0.2, -0.15) is 4.83 Å². The Balaban J connectivity index is 3.44. The van der Waals surface area contributed by atoms with Crippen LogP contribution in [0.3, 0.4) is 0 Å². The Morgan fingerprint density at radius 3 is 2.29 bits per heavy atom. The number of nitrogens with two attached hydrogens (primary N) is 1. The van der Waals surface area contributed by atoms with Crippen LogP contribution in [-0.4, -0.2) is 15.5 Å². The molecule has 0 unspecified atom stereocenters. The molecule has 0 saturated carbocycles. The summed E-state index contributed by atoms with van der Waals surface area (Å²) >= 11 is 0. The van der Waals surface area contributed by atoms with Gasteiger partial charge in [0, 0.05) is 5.56 Å². The molecule has 0 spiro atoms. The van der Waals surface area contributed by atoms with Crippen LogP contribution in [-0.2, 0) is 15.4 Å². The molecule has 1 rings (SSSR count). The minimum absolute atomic E-state index is 0.130. The zero-order valence-corrected chi connectivity index (χ0v) is 11.3. The largest absolute Gasteiger partial charge is 0.496 e. The standard InChI is InChI=1S/C11H18N2O3S/c1-11(2,3)9-7-8(17(14,15)13-12)5-6-10(9)16-4/h5-7,13H,12H2,1-4H3. The third-order valence-corrected chi connectivity index (χ3v) is 3.63. The normalized spacial score (nSPS) is 12.5. The van der Waals surface area contributed by atoms with Crippen LogP contribution in [0.1, 0.15) is 26.3 Å². The summed E-state index contributed by atoms with van der Waals surface area (Å²) in [5, 5.41) is 0. The number of hydrogen-bond donors (Lipinski definition) is 2.